The summed E-state index contributed by atoms with van der Waals surface area (Å²) in [4.78, 5) is 4.86. The molecule has 194 valence electrons. The van der Waals surface area contributed by atoms with Crippen molar-refractivity contribution >= 4 is 32.8 Å². The molecule has 2 fully saturated rings. The highest BCUT2D eigenvalue weighted by molar-refractivity contribution is 7.98. The maximum atomic E-state index is 14.2. The first kappa shape index (κ1) is 25.6. The normalized spacial score (nSPS) is 21.4. The smallest absolute Gasteiger partial charge is 0.243 e. The van der Waals surface area contributed by atoms with Gasteiger partial charge in [-0.1, -0.05) is 18.7 Å². The number of sulfonamides is 1. The third kappa shape index (κ3) is 5.16. The summed E-state index contributed by atoms with van der Waals surface area (Å²) in [6, 6.07) is 6.33. The van der Waals surface area contributed by atoms with Gasteiger partial charge >= 0.3 is 0 Å². The lowest BCUT2D eigenvalue weighted by Crippen LogP contribution is -2.39. The van der Waals surface area contributed by atoms with E-state index in [0.29, 0.717) is 48.9 Å². The number of fused-ring (bicyclic) bond motifs is 1. The van der Waals surface area contributed by atoms with Crippen molar-refractivity contribution in [2.45, 2.75) is 61.1 Å². The molecule has 0 aliphatic carbocycles. The summed E-state index contributed by atoms with van der Waals surface area (Å²) in [5.41, 5.74) is 1.27. The fourth-order valence-corrected chi connectivity index (χ4v) is 7.47. The Morgan fingerprint density at radius 2 is 1.89 bits per heavy atom. The molecule has 6 nitrogen and oxygen atoms in total. The molecule has 3 aromatic rings. The molecule has 0 N–H and O–H groups in total. The average Bonchev–Trinajstić information content (AvgIpc) is 3.48. The van der Waals surface area contributed by atoms with Crippen molar-refractivity contribution in [1.29, 1.82) is 0 Å². The van der Waals surface area contributed by atoms with E-state index in [1.807, 2.05) is 4.57 Å². The van der Waals surface area contributed by atoms with Gasteiger partial charge in [0.2, 0.25) is 10.0 Å². The molecule has 0 saturated carbocycles. The quantitative estimate of drug-likeness (QED) is 0.299. The van der Waals surface area contributed by atoms with Crippen molar-refractivity contribution in [2.75, 3.05) is 19.7 Å². The van der Waals surface area contributed by atoms with Crippen LogP contribution in [0.1, 0.15) is 38.2 Å². The SMILES string of the molecule is C[C@@H]1CCCN(S(=O)(=O)c2ccc3c(c2)nc(SCc2cc(F)c(F)cc2F)n3C[C@@H]2CCCO2)C1. The highest BCUT2D eigenvalue weighted by Crippen LogP contribution is 2.32. The van der Waals surface area contributed by atoms with Gasteiger partial charge in [-0.25, -0.2) is 26.6 Å². The van der Waals surface area contributed by atoms with Crippen LogP contribution < -0.4 is 0 Å². The Balaban J connectivity index is 1.48. The molecule has 2 aliphatic heterocycles. The second-order valence-electron chi connectivity index (χ2n) is 9.55. The molecule has 2 atom stereocenters. The molecule has 1 aromatic heterocycles. The molecule has 11 heteroatoms. The monoisotopic (exact) mass is 539 g/mol. The molecule has 0 spiro atoms. The number of hydrogen-bond acceptors (Lipinski definition) is 5. The summed E-state index contributed by atoms with van der Waals surface area (Å²) in [6.07, 6.45) is 3.68. The van der Waals surface area contributed by atoms with Gasteiger partial charge in [-0.05, 0) is 55.9 Å². The van der Waals surface area contributed by atoms with Crippen molar-refractivity contribution in [1.82, 2.24) is 13.9 Å². The van der Waals surface area contributed by atoms with Gasteiger partial charge in [0.1, 0.15) is 5.82 Å². The Morgan fingerprint density at radius 3 is 2.64 bits per heavy atom. The maximum absolute atomic E-state index is 14.2. The van der Waals surface area contributed by atoms with Crippen molar-refractivity contribution in [3.05, 3.63) is 53.3 Å². The molecule has 0 unspecified atom stereocenters. The first-order valence-electron chi connectivity index (χ1n) is 12.1. The van der Waals surface area contributed by atoms with Gasteiger partial charge < -0.3 is 9.30 Å². The van der Waals surface area contributed by atoms with Crippen LogP contribution in [0.4, 0.5) is 13.2 Å². The van der Waals surface area contributed by atoms with Crippen LogP contribution in [0.3, 0.4) is 0 Å². The molecule has 2 saturated heterocycles. The third-order valence-corrected chi connectivity index (χ3v) is 9.68. The number of piperidine rings is 1. The Hall–Kier alpha value is -2.08. The first-order valence-corrected chi connectivity index (χ1v) is 14.5. The molecular weight excluding hydrogens is 511 g/mol. The van der Waals surface area contributed by atoms with Gasteiger partial charge in [0.15, 0.2) is 16.8 Å². The van der Waals surface area contributed by atoms with E-state index < -0.39 is 27.5 Å². The van der Waals surface area contributed by atoms with Crippen LogP contribution in [0.2, 0.25) is 0 Å². The lowest BCUT2D eigenvalue weighted by Gasteiger charge is -2.30. The zero-order chi connectivity index (χ0) is 25.4. The van der Waals surface area contributed by atoms with Crippen LogP contribution in [0, 0.1) is 23.4 Å². The molecule has 5 rings (SSSR count). The van der Waals surface area contributed by atoms with E-state index in [2.05, 4.69) is 11.9 Å². The number of rotatable bonds is 7. The molecule has 2 aliphatic rings. The van der Waals surface area contributed by atoms with Gasteiger partial charge in [-0.2, -0.15) is 4.31 Å². The summed E-state index contributed by atoms with van der Waals surface area (Å²) < 4.78 is 77.1. The zero-order valence-electron chi connectivity index (χ0n) is 19.9. The highest BCUT2D eigenvalue weighted by atomic mass is 32.2. The lowest BCUT2D eigenvalue weighted by atomic mass is 10.0. The van der Waals surface area contributed by atoms with Gasteiger partial charge in [-0.3, -0.25) is 0 Å². The second kappa shape index (κ2) is 10.4. The van der Waals surface area contributed by atoms with E-state index in [4.69, 9.17) is 4.74 Å². The predicted octanol–water partition coefficient (Wildman–Crippen LogP) is 5.35. The molecule has 3 heterocycles. The summed E-state index contributed by atoms with van der Waals surface area (Å²) >= 11 is 1.19. The Labute approximate surface area is 212 Å². The molecule has 2 aromatic carbocycles. The minimum Gasteiger partial charge on any atom is -0.376 e. The van der Waals surface area contributed by atoms with Crippen LogP contribution in [0.25, 0.3) is 11.0 Å². The van der Waals surface area contributed by atoms with Gasteiger partial charge in [0.05, 0.1) is 28.6 Å². The van der Waals surface area contributed by atoms with E-state index in [1.54, 1.807) is 18.2 Å². The van der Waals surface area contributed by atoms with Crippen LogP contribution in [-0.2, 0) is 27.1 Å². The van der Waals surface area contributed by atoms with Crippen LogP contribution >= 0.6 is 11.8 Å². The summed E-state index contributed by atoms with van der Waals surface area (Å²) in [7, 11) is -3.66. The Bertz CT molecular complexity index is 1370. The first-order chi connectivity index (χ1) is 17.2. The number of ether oxygens (including phenoxy) is 1. The fourth-order valence-electron chi connectivity index (χ4n) is 4.86. The number of thioether (sulfide) groups is 1. The zero-order valence-corrected chi connectivity index (χ0v) is 21.6. The lowest BCUT2D eigenvalue weighted by molar-refractivity contribution is 0.0960. The van der Waals surface area contributed by atoms with Crippen molar-refractivity contribution < 1.29 is 26.3 Å². The van der Waals surface area contributed by atoms with E-state index >= 15 is 0 Å². The minimum absolute atomic E-state index is 0.0139. The molecule has 0 amide bonds. The van der Waals surface area contributed by atoms with E-state index in [-0.39, 0.29) is 22.3 Å². The topological polar surface area (TPSA) is 64.4 Å². The Kier molecular flexibility index (Phi) is 7.35. The Morgan fingerprint density at radius 1 is 1.08 bits per heavy atom. The van der Waals surface area contributed by atoms with E-state index in [9.17, 15) is 21.6 Å². The van der Waals surface area contributed by atoms with Gasteiger partial charge in [-0.15, -0.1) is 0 Å². The van der Waals surface area contributed by atoms with Crippen LogP contribution in [-0.4, -0.2) is 48.1 Å². The average molecular weight is 540 g/mol. The predicted molar refractivity (Wildman–Crippen MR) is 132 cm³/mol. The minimum atomic E-state index is -3.66. The maximum Gasteiger partial charge on any atom is 0.243 e. The van der Waals surface area contributed by atoms with Crippen molar-refractivity contribution in [3.63, 3.8) is 0 Å². The largest absolute Gasteiger partial charge is 0.376 e. The molecule has 0 bridgehead atoms. The van der Waals surface area contributed by atoms with E-state index in [1.165, 1.54) is 16.1 Å². The summed E-state index contributed by atoms with van der Waals surface area (Å²) in [5, 5.41) is 0.533. The summed E-state index contributed by atoms with van der Waals surface area (Å²) in [5.74, 6) is -2.82. The molecular formula is C25H28F3N3O3S2. The number of aromatic nitrogens is 2. The number of benzene rings is 2. The van der Waals surface area contributed by atoms with Gasteiger partial charge in [0, 0.05) is 37.1 Å². The summed E-state index contributed by atoms with van der Waals surface area (Å²) in [6.45, 7) is 4.23. The second-order valence-corrected chi connectivity index (χ2v) is 12.4. The van der Waals surface area contributed by atoms with Gasteiger partial charge in [0.25, 0.3) is 0 Å². The highest BCUT2D eigenvalue weighted by Gasteiger charge is 2.29. The fraction of sp³-hybridized carbons (Fsp3) is 0.480. The van der Waals surface area contributed by atoms with E-state index in [0.717, 1.165) is 37.3 Å². The number of nitrogens with zero attached hydrogens (tertiary/aromatic N) is 3. The van der Waals surface area contributed by atoms with Crippen LogP contribution in [0.15, 0.2) is 40.4 Å². The van der Waals surface area contributed by atoms with Crippen LogP contribution in [0.5, 0.6) is 0 Å². The number of halogens is 3. The number of imidazole rings is 1. The molecule has 0 radical (unpaired) electrons. The third-order valence-electron chi connectivity index (χ3n) is 6.80. The standard InChI is InChI=1S/C25H28F3N3O3S2/c1-16-4-2-8-30(13-16)36(32,33)19-6-7-24-23(11-19)29-25(31(24)14-18-5-3-9-34-18)35-15-17-10-21(27)22(28)12-20(17)26/h6-7,10-12,16,18H,2-5,8-9,13-15H2,1H3/t16-,18+/m1/s1. The van der Waals surface area contributed by atoms with Crippen molar-refractivity contribution in [2.24, 2.45) is 5.92 Å². The van der Waals surface area contributed by atoms with Crippen molar-refractivity contribution in [3.8, 4) is 0 Å². The molecule has 36 heavy (non-hydrogen) atoms. The number of hydrogen-bond donors (Lipinski definition) is 0.